The fraction of sp³-hybridized carbons (Fsp3) is 0.875. The molecule has 0 bridgehead atoms. The zero-order valence-corrected chi connectivity index (χ0v) is 11.9. The van der Waals surface area contributed by atoms with E-state index in [1.807, 2.05) is 13.1 Å². The second-order valence-corrected chi connectivity index (χ2v) is 12.9. The van der Waals surface area contributed by atoms with Gasteiger partial charge in [-0.05, 0) is 39.7 Å². The van der Waals surface area contributed by atoms with Gasteiger partial charge in [0.15, 0.2) is 8.32 Å². The monoisotopic (exact) mass is 235 g/mol. The third-order valence-corrected chi connectivity index (χ3v) is 6.38. The quantitative estimate of drug-likeness (QED) is 0.749. The second kappa shape index (κ2) is 4.56. The molecule has 0 aromatic rings. The van der Waals surface area contributed by atoms with Crippen LogP contribution in [0.5, 0.6) is 0 Å². The Kier molecular flexibility index (Phi) is 4.50. The number of rotatable bonds is 4. The highest BCUT2D eigenvalue weighted by molar-refractivity contribution is 6.81. The molecule has 0 radical (unpaired) electrons. The number of carbonyl (C=O) groups is 1. The summed E-state index contributed by atoms with van der Waals surface area (Å²) in [6, 6.07) is -0.577. The molecule has 0 amide bonds. The molecule has 1 atom stereocenters. The molecule has 0 aliphatic rings. The standard InChI is InChI=1S/C8H21NO3Si2/c1-7(9)8(10)11-14(5,6)12-13(2,3)4/h7H,9H2,1-6H3. The van der Waals surface area contributed by atoms with Crippen molar-refractivity contribution >= 4 is 22.8 Å². The van der Waals surface area contributed by atoms with Gasteiger partial charge in [0, 0.05) is 0 Å². The molecule has 6 heteroatoms. The summed E-state index contributed by atoms with van der Waals surface area (Å²) in [6.45, 7) is 11.6. The zero-order valence-electron chi connectivity index (χ0n) is 9.88. The summed E-state index contributed by atoms with van der Waals surface area (Å²) in [5.41, 5.74) is 5.41. The number of hydrogen-bond acceptors (Lipinski definition) is 4. The first kappa shape index (κ1) is 13.8. The highest BCUT2D eigenvalue weighted by Gasteiger charge is 2.35. The Balaban J connectivity index is 4.28. The average Bonchev–Trinajstić information content (AvgIpc) is 1.78. The molecule has 0 aliphatic carbocycles. The van der Waals surface area contributed by atoms with Crippen molar-refractivity contribution in [3.8, 4) is 0 Å². The fourth-order valence-electron chi connectivity index (χ4n) is 1.09. The summed E-state index contributed by atoms with van der Waals surface area (Å²) in [7, 11) is -3.98. The first-order chi connectivity index (χ1) is 6.03. The molecule has 14 heavy (non-hydrogen) atoms. The van der Waals surface area contributed by atoms with Crippen molar-refractivity contribution in [3.63, 3.8) is 0 Å². The van der Waals surface area contributed by atoms with E-state index in [2.05, 4.69) is 19.6 Å². The summed E-state index contributed by atoms with van der Waals surface area (Å²) in [6.07, 6.45) is 0. The predicted octanol–water partition coefficient (Wildman–Crippen LogP) is 1.43. The molecule has 1 unspecified atom stereocenters. The Morgan fingerprint density at radius 1 is 1.21 bits per heavy atom. The summed E-state index contributed by atoms with van der Waals surface area (Å²) in [5.74, 6) is -0.375. The van der Waals surface area contributed by atoms with Gasteiger partial charge < -0.3 is 14.3 Å². The molecule has 0 saturated carbocycles. The minimum absolute atomic E-state index is 0.375. The van der Waals surface area contributed by atoms with Gasteiger partial charge in [-0.15, -0.1) is 0 Å². The lowest BCUT2D eigenvalue weighted by atomic mass is 10.4. The summed E-state index contributed by atoms with van der Waals surface area (Å²) < 4.78 is 11.1. The normalized spacial score (nSPS) is 15.1. The number of hydrogen-bond donors (Lipinski definition) is 1. The van der Waals surface area contributed by atoms with Crippen molar-refractivity contribution in [1.82, 2.24) is 0 Å². The van der Waals surface area contributed by atoms with Crippen LogP contribution in [0.3, 0.4) is 0 Å². The zero-order chi connectivity index (χ0) is 11.6. The van der Waals surface area contributed by atoms with Crippen LogP contribution in [0.15, 0.2) is 0 Å². The van der Waals surface area contributed by atoms with Crippen molar-refractivity contribution in [2.45, 2.75) is 45.7 Å². The molecule has 0 fully saturated rings. The van der Waals surface area contributed by atoms with E-state index in [-0.39, 0.29) is 5.97 Å². The van der Waals surface area contributed by atoms with Crippen LogP contribution in [0.25, 0.3) is 0 Å². The first-order valence-corrected chi connectivity index (χ1v) is 10.9. The second-order valence-electron chi connectivity index (χ2n) is 4.82. The van der Waals surface area contributed by atoms with Crippen molar-refractivity contribution in [2.75, 3.05) is 0 Å². The van der Waals surface area contributed by atoms with E-state index in [9.17, 15) is 4.79 Å². The van der Waals surface area contributed by atoms with Gasteiger partial charge in [0.2, 0.25) is 0 Å². The van der Waals surface area contributed by atoms with Crippen LogP contribution in [0.1, 0.15) is 6.92 Å². The predicted molar refractivity (Wildman–Crippen MR) is 61.7 cm³/mol. The van der Waals surface area contributed by atoms with Crippen molar-refractivity contribution in [1.29, 1.82) is 0 Å². The molecular formula is C8H21NO3Si2. The Bertz CT molecular complexity index is 211. The van der Waals surface area contributed by atoms with Crippen LogP contribution in [-0.2, 0) is 13.3 Å². The largest absolute Gasteiger partial charge is 0.494 e. The van der Waals surface area contributed by atoms with E-state index in [1.165, 1.54) is 0 Å². The fourth-order valence-corrected chi connectivity index (χ4v) is 7.83. The Morgan fingerprint density at radius 2 is 1.64 bits per heavy atom. The maximum Gasteiger partial charge on any atom is 0.385 e. The lowest BCUT2D eigenvalue weighted by Crippen LogP contribution is -2.48. The van der Waals surface area contributed by atoms with Crippen LogP contribution in [0, 0.1) is 0 Å². The van der Waals surface area contributed by atoms with Crippen LogP contribution in [0.2, 0.25) is 32.7 Å². The number of nitrogens with two attached hydrogens (primary N) is 1. The van der Waals surface area contributed by atoms with Crippen LogP contribution < -0.4 is 5.73 Å². The maximum atomic E-state index is 11.3. The molecule has 0 aromatic heterocycles. The van der Waals surface area contributed by atoms with E-state index in [0.29, 0.717) is 0 Å². The molecule has 0 aliphatic heterocycles. The maximum absolute atomic E-state index is 11.3. The third kappa shape index (κ3) is 6.30. The van der Waals surface area contributed by atoms with E-state index >= 15 is 0 Å². The van der Waals surface area contributed by atoms with Crippen LogP contribution in [-0.4, -0.2) is 28.9 Å². The average molecular weight is 235 g/mol. The van der Waals surface area contributed by atoms with E-state index in [0.717, 1.165) is 0 Å². The van der Waals surface area contributed by atoms with Crippen molar-refractivity contribution in [3.05, 3.63) is 0 Å². The Morgan fingerprint density at radius 3 is 1.93 bits per heavy atom. The number of carbonyl (C=O) groups excluding carboxylic acids is 1. The van der Waals surface area contributed by atoms with Gasteiger partial charge in [-0.1, -0.05) is 0 Å². The van der Waals surface area contributed by atoms with Crippen LogP contribution in [0.4, 0.5) is 0 Å². The van der Waals surface area contributed by atoms with Gasteiger partial charge in [0.1, 0.15) is 0 Å². The molecule has 84 valence electrons. The molecule has 0 aromatic carbocycles. The lowest BCUT2D eigenvalue weighted by Gasteiger charge is -2.30. The van der Waals surface area contributed by atoms with Gasteiger partial charge >= 0.3 is 14.5 Å². The molecule has 2 N–H and O–H groups in total. The van der Waals surface area contributed by atoms with E-state index in [1.54, 1.807) is 6.92 Å². The molecule has 4 nitrogen and oxygen atoms in total. The van der Waals surface area contributed by atoms with E-state index < -0.39 is 22.9 Å². The lowest BCUT2D eigenvalue weighted by molar-refractivity contribution is -0.137. The first-order valence-electron chi connectivity index (χ1n) is 4.72. The smallest absolute Gasteiger partial charge is 0.385 e. The summed E-state index contributed by atoms with van der Waals surface area (Å²) >= 11 is 0. The van der Waals surface area contributed by atoms with Crippen LogP contribution >= 0.6 is 0 Å². The SMILES string of the molecule is CC(N)C(=O)O[Si](C)(C)O[Si](C)(C)C. The molecule has 0 rings (SSSR count). The molecule has 0 saturated heterocycles. The minimum atomic E-state index is -2.33. The van der Waals surface area contributed by atoms with Gasteiger partial charge in [-0.2, -0.15) is 0 Å². The van der Waals surface area contributed by atoms with Crippen molar-refractivity contribution in [2.24, 2.45) is 5.73 Å². The topological polar surface area (TPSA) is 61.6 Å². The highest BCUT2D eigenvalue weighted by atomic mass is 28.4. The summed E-state index contributed by atoms with van der Waals surface area (Å²) in [4.78, 5) is 11.3. The van der Waals surface area contributed by atoms with Gasteiger partial charge in [-0.25, -0.2) is 0 Å². The van der Waals surface area contributed by atoms with Gasteiger partial charge in [-0.3, -0.25) is 4.79 Å². The molecular weight excluding hydrogens is 214 g/mol. The third-order valence-electron chi connectivity index (χ3n) is 1.27. The van der Waals surface area contributed by atoms with Crippen molar-refractivity contribution < 1.29 is 13.3 Å². The van der Waals surface area contributed by atoms with Gasteiger partial charge in [0.05, 0.1) is 6.04 Å². The Labute approximate surface area is 88.2 Å². The summed E-state index contributed by atoms with van der Waals surface area (Å²) in [5, 5.41) is 0. The highest BCUT2D eigenvalue weighted by Crippen LogP contribution is 2.15. The van der Waals surface area contributed by atoms with E-state index in [4.69, 9.17) is 14.3 Å². The molecule has 0 spiro atoms. The molecule has 0 heterocycles. The van der Waals surface area contributed by atoms with Gasteiger partial charge in [0.25, 0.3) is 0 Å². The minimum Gasteiger partial charge on any atom is -0.494 e. The Hall–Kier alpha value is -0.176.